The van der Waals surface area contributed by atoms with Crippen molar-refractivity contribution in [3.8, 4) is 0 Å². The van der Waals surface area contributed by atoms with Crippen LogP contribution < -0.4 is 5.32 Å². The van der Waals surface area contributed by atoms with E-state index in [0.717, 1.165) is 10.7 Å². The number of aromatic nitrogens is 1. The molecule has 0 aliphatic carbocycles. The summed E-state index contributed by atoms with van der Waals surface area (Å²) in [5.41, 5.74) is 1.73. The Labute approximate surface area is 121 Å². The molecule has 2 rings (SSSR count). The molecule has 0 unspecified atom stereocenters. The molecule has 1 aromatic heterocycles. The van der Waals surface area contributed by atoms with Crippen molar-refractivity contribution in [2.45, 2.75) is 32.7 Å². The van der Waals surface area contributed by atoms with Crippen LogP contribution >= 0.6 is 22.9 Å². The van der Waals surface area contributed by atoms with E-state index in [1.54, 1.807) is 23.5 Å². The van der Waals surface area contributed by atoms with Crippen molar-refractivity contribution in [3.05, 3.63) is 45.1 Å². The number of hydrogen-bond acceptors (Lipinski definition) is 3. The van der Waals surface area contributed by atoms with Gasteiger partial charge >= 0.3 is 0 Å². The SMILES string of the molecule is CC(C)(C)c1nc(CNc2ccc(Cl)c(F)c2)cs1. The second-order valence-electron chi connectivity index (χ2n) is 5.38. The van der Waals surface area contributed by atoms with Crippen LogP contribution in [0.5, 0.6) is 0 Å². The molecule has 0 radical (unpaired) electrons. The summed E-state index contributed by atoms with van der Waals surface area (Å²) in [6.45, 7) is 6.99. The van der Waals surface area contributed by atoms with Crippen LogP contribution in [0.25, 0.3) is 0 Å². The van der Waals surface area contributed by atoms with Crippen molar-refractivity contribution in [2.75, 3.05) is 5.32 Å². The fourth-order valence-electron chi connectivity index (χ4n) is 1.53. The van der Waals surface area contributed by atoms with E-state index in [1.165, 1.54) is 6.07 Å². The van der Waals surface area contributed by atoms with Crippen molar-refractivity contribution in [3.63, 3.8) is 0 Å². The van der Waals surface area contributed by atoms with Gasteiger partial charge in [0.2, 0.25) is 0 Å². The highest BCUT2D eigenvalue weighted by atomic mass is 35.5. The number of rotatable bonds is 3. The molecule has 0 aliphatic rings. The van der Waals surface area contributed by atoms with Gasteiger partial charge in [-0.15, -0.1) is 11.3 Å². The summed E-state index contributed by atoms with van der Waals surface area (Å²) in [4.78, 5) is 4.57. The zero-order valence-corrected chi connectivity index (χ0v) is 12.7. The molecule has 5 heteroatoms. The van der Waals surface area contributed by atoms with E-state index in [9.17, 15) is 4.39 Å². The Bertz CT molecular complexity index is 575. The maximum atomic E-state index is 13.3. The summed E-state index contributed by atoms with van der Waals surface area (Å²) in [6.07, 6.45) is 0. The van der Waals surface area contributed by atoms with E-state index < -0.39 is 5.82 Å². The van der Waals surface area contributed by atoms with Crippen molar-refractivity contribution in [1.82, 2.24) is 4.98 Å². The molecule has 2 nitrogen and oxygen atoms in total. The molecule has 0 amide bonds. The van der Waals surface area contributed by atoms with E-state index in [4.69, 9.17) is 11.6 Å². The topological polar surface area (TPSA) is 24.9 Å². The minimum atomic E-state index is -0.416. The number of hydrogen-bond donors (Lipinski definition) is 1. The van der Waals surface area contributed by atoms with Crippen LogP contribution in [0.4, 0.5) is 10.1 Å². The second-order valence-corrected chi connectivity index (χ2v) is 6.64. The van der Waals surface area contributed by atoms with E-state index >= 15 is 0 Å². The number of anilines is 1. The van der Waals surface area contributed by atoms with Crippen LogP contribution in [0.2, 0.25) is 5.02 Å². The minimum absolute atomic E-state index is 0.0648. The molecule has 0 bridgehead atoms. The zero-order valence-electron chi connectivity index (χ0n) is 11.1. The average Bonchev–Trinajstić information content (AvgIpc) is 2.79. The normalized spacial score (nSPS) is 11.6. The number of benzene rings is 1. The molecule has 0 spiro atoms. The lowest BCUT2D eigenvalue weighted by Gasteiger charge is -2.13. The summed E-state index contributed by atoms with van der Waals surface area (Å²) in [5, 5.41) is 6.40. The van der Waals surface area contributed by atoms with Crippen LogP contribution in [0.1, 0.15) is 31.5 Å². The molecule has 2 aromatic rings. The summed E-state index contributed by atoms with van der Waals surface area (Å²) >= 11 is 7.29. The fourth-order valence-corrected chi connectivity index (χ4v) is 2.56. The van der Waals surface area contributed by atoms with Gasteiger partial charge in [-0.3, -0.25) is 0 Å². The molecule has 0 aliphatic heterocycles. The Kier molecular flexibility index (Phi) is 4.11. The predicted molar refractivity (Wildman–Crippen MR) is 79.6 cm³/mol. The molecule has 102 valence electrons. The van der Waals surface area contributed by atoms with Gasteiger partial charge in [0, 0.05) is 16.5 Å². The largest absolute Gasteiger partial charge is 0.379 e. The maximum Gasteiger partial charge on any atom is 0.143 e. The first-order valence-electron chi connectivity index (χ1n) is 6.00. The molecule has 0 atom stereocenters. The van der Waals surface area contributed by atoms with E-state index in [1.807, 2.05) is 5.38 Å². The first kappa shape index (κ1) is 14.3. The molecule has 19 heavy (non-hydrogen) atoms. The van der Waals surface area contributed by atoms with Gasteiger partial charge in [-0.2, -0.15) is 0 Å². The highest BCUT2D eigenvalue weighted by molar-refractivity contribution is 7.09. The zero-order chi connectivity index (χ0) is 14.0. The molecule has 1 aromatic carbocycles. The summed E-state index contributed by atoms with van der Waals surface area (Å²) < 4.78 is 13.3. The quantitative estimate of drug-likeness (QED) is 0.876. The van der Waals surface area contributed by atoms with Gasteiger partial charge in [0.05, 0.1) is 22.3 Å². The Balaban J connectivity index is 2.02. The van der Waals surface area contributed by atoms with Gasteiger partial charge in [-0.1, -0.05) is 32.4 Å². The predicted octanol–water partition coefficient (Wildman–Crippen LogP) is 4.85. The smallest absolute Gasteiger partial charge is 0.143 e. The summed E-state index contributed by atoms with van der Waals surface area (Å²) in [5.74, 6) is -0.416. The third kappa shape index (κ3) is 3.67. The Morgan fingerprint density at radius 2 is 2.11 bits per heavy atom. The molecule has 1 N–H and O–H groups in total. The van der Waals surface area contributed by atoms with Gasteiger partial charge in [0.1, 0.15) is 5.82 Å². The molecular formula is C14H16ClFN2S. The molecule has 1 heterocycles. The molecule has 0 saturated carbocycles. The van der Waals surface area contributed by atoms with Crippen molar-refractivity contribution >= 4 is 28.6 Å². The molecule has 0 fully saturated rings. The van der Waals surface area contributed by atoms with Gasteiger partial charge in [-0.25, -0.2) is 9.37 Å². The minimum Gasteiger partial charge on any atom is -0.379 e. The molecule has 0 saturated heterocycles. The van der Waals surface area contributed by atoms with Crippen LogP contribution in [-0.2, 0) is 12.0 Å². The number of halogens is 2. The summed E-state index contributed by atoms with van der Waals surface area (Å²) in [7, 11) is 0. The maximum absolute atomic E-state index is 13.3. The lowest BCUT2D eigenvalue weighted by atomic mass is 9.98. The Hall–Kier alpha value is -1.13. The number of nitrogens with one attached hydrogen (secondary N) is 1. The number of thiazole rings is 1. The Morgan fingerprint density at radius 3 is 2.68 bits per heavy atom. The lowest BCUT2D eigenvalue weighted by Crippen LogP contribution is -2.11. The van der Waals surface area contributed by atoms with Crippen molar-refractivity contribution < 1.29 is 4.39 Å². The van der Waals surface area contributed by atoms with E-state index in [-0.39, 0.29) is 10.4 Å². The first-order chi connectivity index (χ1) is 8.86. The Morgan fingerprint density at radius 1 is 1.37 bits per heavy atom. The molecular weight excluding hydrogens is 283 g/mol. The van der Waals surface area contributed by atoms with Crippen LogP contribution in [0.15, 0.2) is 23.6 Å². The van der Waals surface area contributed by atoms with Gasteiger partial charge < -0.3 is 5.32 Å². The van der Waals surface area contributed by atoms with Gasteiger partial charge in [0.25, 0.3) is 0 Å². The summed E-state index contributed by atoms with van der Waals surface area (Å²) in [6, 6.07) is 4.68. The van der Waals surface area contributed by atoms with Crippen LogP contribution in [-0.4, -0.2) is 4.98 Å². The lowest BCUT2D eigenvalue weighted by molar-refractivity contribution is 0.583. The van der Waals surface area contributed by atoms with Crippen molar-refractivity contribution in [2.24, 2.45) is 0 Å². The third-order valence-corrected chi connectivity index (χ3v) is 4.21. The van der Waals surface area contributed by atoms with Gasteiger partial charge in [-0.05, 0) is 18.2 Å². The third-order valence-electron chi connectivity index (χ3n) is 2.59. The highest BCUT2D eigenvalue weighted by Gasteiger charge is 2.17. The van der Waals surface area contributed by atoms with Crippen molar-refractivity contribution in [1.29, 1.82) is 0 Å². The average molecular weight is 299 g/mol. The van der Waals surface area contributed by atoms with E-state index in [0.29, 0.717) is 12.2 Å². The van der Waals surface area contributed by atoms with Crippen LogP contribution in [0.3, 0.4) is 0 Å². The monoisotopic (exact) mass is 298 g/mol. The highest BCUT2D eigenvalue weighted by Crippen LogP contribution is 2.26. The second kappa shape index (κ2) is 5.47. The standard InChI is InChI=1S/C14H16ClFN2S/c1-14(2,3)13-18-10(8-19-13)7-17-9-4-5-11(15)12(16)6-9/h4-6,8,17H,7H2,1-3H3. The first-order valence-corrected chi connectivity index (χ1v) is 7.26. The van der Waals surface area contributed by atoms with E-state index in [2.05, 4.69) is 31.1 Å². The van der Waals surface area contributed by atoms with Gasteiger partial charge in [0.15, 0.2) is 0 Å². The number of nitrogens with zero attached hydrogens (tertiary/aromatic N) is 1. The fraction of sp³-hybridized carbons (Fsp3) is 0.357. The van der Waals surface area contributed by atoms with Crippen LogP contribution in [0, 0.1) is 5.82 Å².